The van der Waals surface area contributed by atoms with E-state index in [0.717, 1.165) is 0 Å². The SMILES string of the molecule is CC(O)[C@@H]1NC[C@@H](O)C1=O. The van der Waals surface area contributed by atoms with Gasteiger partial charge in [-0.2, -0.15) is 0 Å². The van der Waals surface area contributed by atoms with Crippen LogP contribution in [0.2, 0.25) is 0 Å². The molecule has 4 nitrogen and oxygen atoms in total. The van der Waals surface area contributed by atoms with Crippen LogP contribution in [0.25, 0.3) is 0 Å². The minimum absolute atomic E-state index is 0.258. The van der Waals surface area contributed by atoms with Crippen LogP contribution in [0.1, 0.15) is 6.92 Å². The summed E-state index contributed by atoms with van der Waals surface area (Å²) in [6.07, 6.45) is -1.65. The molecule has 1 unspecified atom stereocenters. The number of hydrogen-bond donors (Lipinski definition) is 3. The minimum Gasteiger partial charge on any atom is -0.391 e. The maximum absolute atomic E-state index is 10.9. The Kier molecular flexibility index (Phi) is 2.03. The molecule has 0 amide bonds. The molecule has 3 atom stereocenters. The van der Waals surface area contributed by atoms with Gasteiger partial charge in [0.2, 0.25) is 0 Å². The average Bonchev–Trinajstić information content (AvgIpc) is 2.14. The molecule has 0 aromatic heterocycles. The fraction of sp³-hybridized carbons (Fsp3) is 0.833. The third-order valence-corrected chi connectivity index (χ3v) is 1.65. The molecule has 1 rings (SSSR count). The van der Waals surface area contributed by atoms with Crippen molar-refractivity contribution in [1.82, 2.24) is 5.32 Å². The lowest BCUT2D eigenvalue weighted by Gasteiger charge is -2.10. The van der Waals surface area contributed by atoms with E-state index in [9.17, 15) is 4.79 Å². The van der Waals surface area contributed by atoms with Gasteiger partial charge in [-0.15, -0.1) is 0 Å². The molecule has 1 fully saturated rings. The predicted octanol–water partition coefficient (Wildman–Crippen LogP) is -1.73. The number of carbonyl (C=O) groups is 1. The molecular weight excluding hydrogens is 134 g/mol. The Morgan fingerprint density at radius 3 is 2.60 bits per heavy atom. The number of rotatable bonds is 1. The maximum Gasteiger partial charge on any atom is 0.182 e. The summed E-state index contributed by atoms with van der Waals surface area (Å²) in [5, 5.41) is 20.5. The van der Waals surface area contributed by atoms with Crippen molar-refractivity contribution in [2.45, 2.75) is 25.2 Å². The van der Waals surface area contributed by atoms with Crippen LogP contribution in [0, 0.1) is 0 Å². The lowest BCUT2D eigenvalue weighted by atomic mass is 10.1. The van der Waals surface area contributed by atoms with E-state index < -0.39 is 18.2 Å². The lowest BCUT2D eigenvalue weighted by Crippen LogP contribution is -2.38. The first-order valence-corrected chi connectivity index (χ1v) is 3.26. The number of ketones is 1. The van der Waals surface area contributed by atoms with Gasteiger partial charge >= 0.3 is 0 Å². The molecule has 0 radical (unpaired) electrons. The van der Waals surface area contributed by atoms with Crippen molar-refractivity contribution < 1.29 is 15.0 Å². The molecule has 1 saturated heterocycles. The summed E-state index contributed by atoms with van der Waals surface area (Å²) in [6, 6.07) is -0.574. The number of nitrogens with one attached hydrogen (secondary N) is 1. The molecule has 0 aromatic rings. The van der Waals surface area contributed by atoms with E-state index in [0.29, 0.717) is 0 Å². The molecule has 0 aliphatic carbocycles. The van der Waals surface area contributed by atoms with Gasteiger partial charge in [0.1, 0.15) is 6.10 Å². The normalized spacial score (nSPS) is 36.5. The quantitative estimate of drug-likeness (QED) is 0.410. The number of aliphatic hydroxyl groups is 2. The highest BCUT2D eigenvalue weighted by Gasteiger charge is 2.34. The van der Waals surface area contributed by atoms with Crippen LogP contribution in [0.3, 0.4) is 0 Å². The first-order valence-electron chi connectivity index (χ1n) is 3.26. The zero-order valence-electron chi connectivity index (χ0n) is 5.74. The van der Waals surface area contributed by atoms with Crippen molar-refractivity contribution >= 4 is 5.78 Å². The van der Waals surface area contributed by atoms with E-state index in [1.54, 1.807) is 0 Å². The Balaban J connectivity index is 2.57. The molecule has 0 aromatic carbocycles. The standard InChI is InChI=1S/C6H11NO3/c1-3(8)5-6(10)4(9)2-7-5/h3-5,7-9H,2H2,1H3/t3?,4-,5+/m1/s1. The highest BCUT2D eigenvalue weighted by molar-refractivity contribution is 5.90. The Labute approximate surface area is 58.9 Å². The van der Waals surface area contributed by atoms with E-state index >= 15 is 0 Å². The first-order chi connectivity index (χ1) is 4.63. The van der Waals surface area contributed by atoms with Crippen molar-refractivity contribution in [2.24, 2.45) is 0 Å². The van der Waals surface area contributed by atoms with Gasteiger partial charge in [-0.3, -0.25) is 4.79 Å². The van der Waals surface area contributed by atoms with Crippen molar-refractivity contribution in [1.29, 1.82) is 0 Å². The van der Waals surface area contributed by atoms with Crippen LogP contribution in [-0.4, -0.2) is 40.8 Å². The summed E-state index contributed by atoms with van der Waals surface area (Å²) < 4.78 is 0. The summed E-state index contributed by atoms with van der Waals surface area (Å²) in [5.74, 6) is -0.310. The third-order valence-electron chi connectivity index (χ3n) is 1.65. The zero-order valence-corrected chi connectivity index (χ0v) is 5.74. The van der Waals surface area contributed by atoms with Crippen LogP contribution in [0.5, 0.6) is 0 Å². The zero-order chi connectivity index (χ0) is 7.72. The van der Waals surface area contributed by atoms with Gasteiger partial charge in [0, 0.05) is 6.54 Å². The molecule has 0 bridgehead atoms. The van der Waals surface area contributed by atoms with Crippen LogP contribution in [-0.2, 0) is 4.79 Å². The molecular formula is C6H11NO3. The first kappa shape index (κ1) is 7.65. The number of Topliss-reactive ketones (excluding diaryl/α,β-unsaturated/α-hetero) is 1. The number of hydrogen-bond acceptors (Lipinski definition) is 4. The molecule has 3 N–H and O–H groups in total. The fourth-order valence-corrected chi connectivity index (χ4v) is 1.06. The number of carbonyl (C=O) groups excluding carboxylic acids is 1. The highest BCUT2D eigenvalue weighted by Crippen LogP contribution is 2.05. The van der Waals surface area contributed by atoms with Gasteiger partial charge < -0.3 is 15.5 Å². The van der Waals surface area contributed by atoms with E-state index in [2.05, 4.69) is 5.32 Å². The van der Waals surface area contributed by atoms with Crippen molar-refractivity contribution in [3.8, 4) is 0 Å². The van der Waals surface area contributed by atoms with E-state index in [-0.39, 0.29) is 12.3 Å². The fourth-order valence-electron chi connectivity index (χ4n) is 1.06. The monoisotopic (exact) mass is 145 g/mol. The smallest absolute Gasteiger partial charge is 0.182 e. The summed E-state index contributed by atoms with van der Waals surface area (Å²) >= 11 is 0. The Bertz CT molecular complexity index is 146. The van der Waals surface area contributed by atoms with Gasteiger partial charge in [-0.05, 0) is 6.92 Å². The number of β-amino-alcohol motifs (C(OH)–C–C–N with tert-alkyl or cyclic N) is 1. The summed E-state index contributed by atoms with van der Waals surface area (Å²) in [4.78, 5) is 10.9. The van der Waals surface area contributed by atoms with Crippen molar-refractivity contribution in [3.05, 3.63) is 0 Å². The van der Waals surface area contributed by atoms with E-state index in [1.165, 1.54) is 6.92 Å². The van der Waals surface area contributed by atoms with Crippen molar-refractivity contribution in [2.75, 3.05) is 6.54 Å². The maximum atomic E-state index is 10.9. The largest absolute Gasteiger partial charge is 0.391 e. The molecule has 0 spiro atoms. The summed E-state index contributed by atoms with van der Waals surface area (Å²) in [6.45, 7) is 1.78. The average molecular weight is 145 g/mol. The second-order valence-electron chi connectivity index (χ2n) is 2.54. The van der Waals surface area contributed by atoms with Crippen molar-refractivity contribution in [3.63, 3.8) is 0 Å². The molecule has 10 heavy (non-hydrogen) atoms. The molecule has 58 valence electrons. The third kappa shape index (κ3) is 1.18. The van der Waals surface area contributed by atoms with E-state index in [4.69, 9.17) is 10.2 Å². The summed E-state index contributed by atoms with van der Waals surface area (Å²) in [5.41, 5.74) is 0. The molecule has 4 heteroatoms. The molecule has 1 aliphatic rings. The topological polar surface area (TPSA) is 69.6 Å². The Hall–Kier alpha value is -0.450. The number of aliphatic hydroxyl groups excluding tert-OH is 2. The van der Waals surface area contributed by atoms with Crippen LogP contribution < -0.4 is 5.32 Å². The van der Waals surface area contributed by atoms with Crippen LogP contribution >= 0.6 is 0 Å². The molecule has 1 heterocycles. The van der Waals surface area contributed by atoms with Gasteiger partial charge in [0.05, 0.1) is 12.1 Å². The second kappa shape index (κ2) is 2.65. The second-order valence-corrected chi connectivity index (χ2v) is 2.54. The Morgan fingerprint density at radius 1 is 1.80 bits per heavy atom. The summed E-state index contributed by atoms with van der Waals surface area (Å²) in [7, 11) is 0. The van der Waals surface area contributed by atoms with Gasteiger partial charge in [0.15, 0.2) is 5.78 Å². The van der Waals surface area contributed by atoms with Crippen LogP contribution in [0.15, 0.2) is 0 Å². The van der Waals surface area contributed by atoms with Crippen LogP contribution in [0.4, 0.5) is 0 Å². The lowest BCUT2D eigenvalue weighted by molar-refractivity contribution is -0.126. The Morgan fingerprint density at radius 2 is 2.40 bits per heavy atom. The van der Waals surface area contributed by atoms with Gasteiger partial charge in [-0.25, -0.2) is 0 Å². The van der Waals surface area contributed by atoms with Gasteiger partial charge in [-0.1, -0.05) is 0 Å². The highest BCUT2D eigenvalue weighted by atomic mass is 16.3. The predicted molar refractivity (Wildman–Crippen MR) is 34.5 cm³/mol. The van der Waals surface area contributed by atoms with Gasteiger partial charge in [0.25, 0.3) is 0 Å². The minimum atomic E-state index is -0.931. The molecule has 0 saturated carbocycles. The molecule has 1 aliphatic heterocycles. The van der Waals surface area contributed by atoms with E-state index in [1.807, 2.05) is 0 Å².